The minimum Gasteiger partial charge on any atom is -0.341 e. The lowest BCUT2D eigenvalue weighted by atomic mass is 9.94. The predicted octanol–water partition coefficient (Wildman–Crippen LogP) is 2.16. The van der Waals surface area contributed by atoms with Crippen LogP contribution in [0.15, 0.2) is 54.6 Å². The van der Waals surface area contributed by atoms with Crippen LogP contribution in [0.25, 0.3) is 5.69 Å². The molecule has 128 valence electrons. The number of aromatic nitrogens is 4. The van der Waals surface area contributed by atoms with Gasteiger partial charge in [0.05, 0.1) is 5.69 Å². The predicted molar refractivity (Wildman–Crippen MR) is 97.8 cm³/mol. The Balaban J connectivity index is 1.54. The molecule has 6 heteroatoms. The van der Waals surface area contributed by atoms with E-state index in [1.54, 1.807) is 4.68 Å². The van der Waals surface area contributed by atoms with Gasteiger partial charge in [-0.05, 0) is 47.2 Å². The summed E-state index contributed by atoms with van der Waals surface area (Å²) >= 11 is 0. The second-order valence-corrected chi connectivity index (χ2v) is 6.65. The van der Waals surface area contributed by atoms with Gasteiger partial charge in [-0.25, -0.2) is 0 Å². The Morgan fingerprint density at radius 3 is 2.56 bits per heavy atom. The molecule has 0 amide bonds. The topological polar surface area (TPSA) is 50.1 Å². The molecule has 6 nitrogen and oxygen atoms in total. The molecule has 0 saturated heterocycles. The summed E-state index contributed by atoms with van der Waals surface area (Å²) in [6.45, 7) is 1.86. The molecule has 0 radical (unpaired) electrons. The van der Waals surface area contributed by atoms with E-state index in [1.807, 2.05) is 30.3 Å². The molecule has 0 fully saturated rings. The molecule has 0 saturated carbocycles. The first-order valence-corrected chi connectivity index (χ1v) is 8.54. The summed E-state index contributed by atoms with van der Waals surface area (Å²) in [6.07, 6.45) is 1.05. The zero-order valence-electron chi connectivity index (χ0n) is 14.6. The minimum absolute atomic E-state index is 0.431. The highest BCUT2D eigenvalue weighted by Gasteiger charge is 2.25. The van der Waals surface area contributed by atoms with E-state index in [0.29, 0.717) is 6.04 Å². The molecule has 0 bridgehead atoms. The van der Waals surface area contributed by atoms with Crippen molar-refractivity contribution in [3.05, 3.63) is 65.7 Å². The lowest BCUT2D eigenvalue weighted by Crippen LogP contribution is -2.45. The summed E-state index contributed by atoms with van der Waals surface area (Å²) in [5, 5.41) is 12.3. The van der Waals surface area contributed by atoms with Gasteiger partial charge < -0.3 is 4.90 Å². The Bertz CT molecular complexity index is 844. The number of likely N-dealkylation sites (N-methyl/N-ethyl adjacent to an activating group) is 2. The average Bonchev–Trinajstić information content (AvgIpc) is 3.13. The smallest absolute Gasteiger partial charge is 0.250 e. The van der Waals surface area contributed by atoms with Crippen molar-refractivity contribution < 1.29 is 0 Å². The number of hydrogen-bond donors (Lipinski definition) is 0. The Morgan fingerprint density at radius 2 is 1.76 bits per heavy atom. The summed E-state index contributed by atoms with van der Waals surface area (Å²) in [4.78, 5) is 4.55. The highest BCUT2D eigenvalue weighted by Crippen LogP contribution is 2.23. The van der Waals surface area contributed by atoms with E-state index in [9.17, 15) is 0 Å². The third-order valence-corrected chi connectivity index (χ3v) is 4.90. The fraction of sp³-hybridized carbons (Fsp3) is 0.316. The molecular weight excluding hydrogens is 312 g/mol. The standard InChI is InChI=1S/C19H22N6/c1-23-13-16-9-7-6-8-15(16)12-18(23)14-24(2)19-20-21-22-25(19)17-10-4-3-5-11-17/h3-11,18H,12-14H2,1-2H3. The number of fused-ring (bicyclic) bond motifs is 1. The van der Waals surface area contributed by atoms with E-state index >= 15 is 0 Å². The van der Waals surface area contributed by atoms with Crippen LogP contribution in [0.5, 0.6) is 0 Å². The highest BCUT2D eigenvalue weighted by molar-refractivity contribution is 5.40. The molecule has 1 aromatic heterocycles. The number of benzene rings is 2. The van der Waals surface area contributed by atoms with E-state index < -0.39 is 0 Å². The van der Waals surface area contributed by atoms with Gasteiger partial charge in [-0.15, -0.1) is 0 Å². The van der Waals surface area contributed by atoms with Gasteiger partial charge in [0.15, 0.2) is 0 Å². The van der Waals surface area contributed by atoms with Crippen molar-refractivity contribution in [3.63, 3.8) is 0 Å². The molecule has 3 aromatic rings. The average molecular weight is 334 g/mol. The quantitative estimate of drug-likeness (QED) is 0.732. The van der Waals surface area contributed by atoms with Crippen molar-refractivity contribution in [2.75, 3.05) is 25.5 Å². The molecule has 1 aliphatic heterocycles. The zero-order chi connectivity index (χ0) is 17.2. The van der Waals surface area contributed by atoms with Gasteiger partial charge >= 0.3 is 0 Å². The van der Waals surface area contributed by atoms with E-state index in [0.717, 1.165) is 31.1 Å². The SMILES string of the molecule is CN(CC1Cc2ccccc2CN1C)c1nnnn1-c1ccccc1. The van der Waals surface area contributed by atoms with Gasteiger partial charge in [0.1, 0.15) is 0 Å². The molecule has 25 heavy (non-hydrogen) atoms. The molecule has 0 N–H and O–H groups in total. The van der Waals surface area contributed by atoms with Crippen LogP contribution in [0.2, 0.25) is 0 Å². The molecule has 2 heterocycles. The van der Waals surface area contributed by atoms with Crippen molar-refractivity contribution in [2.24, 2.45) is 0 Å². The summed E-state index contributed by atoms with van der Waals surface area (Å²) < 4.78 is 1.79. The minimum atomic E-state index is 0.431. The molecule has 1 unspecified atom stereocenters. The monoisotopic (exact) mass is 334 g/mol. The van der Waals surface area contributed by atoms with Crippen LogP contribution in [-0.2, 0) is 13.0 Å². The van der Waals surface area contributed by atoms with Gasteiger partial charge in [-0.1, -0.05) is 47.6 Å². The summed E-state index contributed by atoms with van der Waals surface area (Å²) in [5.41, 5.74) is 3.84. The third-order valence-electron chi connectivity index (χ3n) is 4.90. The molecule has 4 rings (SSSR count). The number of hydrogen-bond acceptors (Lipinski definition) is 5. The number of anilines is 1. The van der Waals surface area contributed by atoms with Crippen molar-refractivity contribution >= 4 is 5.95 Å². The fourth-order valence-corrected chi connectivity index (χ4v) is 3.48. The lowest BCUT2D eigenvalue weighted by molar-refractivity contribution is 0.218. The first-order valence-electron chi connectivity index (χ1n) is 8.54. The van der Waals surface area contributed by atoms with Gasteiger partial charge in [-0.3, -0.25) is 4.90 Å². The summed E-state index contributed by atoms with van der Waals surface area (Å²) in [7, 11) is 4.24. The highest BCUT2D eigenvalue weighted by atomic mass is 15.6. The third kappa shape index (κ3) is 3.13. The first-order chi connectivity index (χ1) is 12.2. The number of rotatable bonds is 4. The normalized spacial score (nSPS) is 17.3. The van der Waals surface area contributed by atoms with Gasteiger partial charge in [0.2, 0.25) is 5.95 Å². The van der Waals surface area contributed by atoms with E-state index in [1.165, 1.54) is 11.1 Å². The Morgan fingerprint density at radius 1 is 1.04 bits per heavy atom. The zero-order valence-corrected chi connectivity index (χ0v) is 14.6. The second-order valence-electron chi connectivity index (χ2n) is 6.65. The maximum Gasteiger partial charge on any atom is 0.250 e. The van der Waals surface area contributed by atoms with Gasteiger partial charge in [-0.2, -0.15) is 4.68 Å². The van der Waals surface area contributed by atoms with Gasteiger partial charge in [0.25, 0.3) is 0 Å². The lowest BCUT2D eigenvalue weighted by Gasteiger charge is -2.36. The maximum absolute atomic E-state index is 4.24. The molecule has 1 aliphatic rings. The molecule has 0 spiro atoms. The van der Waals surface area contributed by atoms with Crippen LogP contribution < -0.4 is 4.90 Å². The Kier molecular flexibility index (Phi) is 4.19. The van der Waals surface area contributed by atoms with Crippen molar-refractivity contribution in [1.82, 2.24) is 25.1 Å². The van der Waals surface area contributed by atoms with Crippen LogP contribution >= 0.6 is 0 Å². The first kappa shape index (κ1) is 15.8. The molecular formula is C19H22N6. The maximum atomic E-state index is 4.24. The largest absolute Gasteiger partial charge is 0.341 e. The number of para-hydroxylation sites is 1. The summed E-state index contributed by atoms with van der Waals surface area (Å²) in [5.74, 6) is 0.762. The fourth-order valence-electron chi connectivity index (χ4n) is 3.48. The van der Waals surface area contributed by atoms with Crippen molar-refractivity contribution in [1.29, 1.82) is 0 Å². The van der Waals surface area contributed by atoms with Gasteiger partial charge in [0, 0.05) is 26.2 Å². The molecule has 0 aliphatic carbocycles. The van der Waals surface area contributed by atoms with E-state index in [2.05, 4.69) is 63.7 Å². The van der Waals surface area contributed by atoms with E-state index in [4.69, 9.17) is 0 Å². The van der Waals surface area contributed by atoms with Crippen LogP contribution in [-0.4, -0.2) is 51.8 Å². The molecule has 2 aromatic carbocycles. The van der Waals surface area contributed by atoms with Crippen LogP contribution in [0.4, 0.5) is 5.95 Å². The second kappa shape index (κ2) is 6.64. The Hall–Kier alpha value is -2.73. The number of nitrogens with zero attached hydrogens (tertiary/aromatic N) is 6. The summed E-state index contributed by atoms with van der Waals surface area (Å²) in [6, 6.07) is 19.1. The van der Waals surface area contributed by atoms with E-state index in [-0.39, 0.29) is 0 Å². The Labute approximate surface area is 147 Å². The molecule has 1 atom stereocenters. The number of tetrazole rings is 1. The van der Waals surface area contributed by atoms with Crippen molar-refractivity contribution in [2.45, 2.75) is 19.0 Å². The van der Waals surface area contributed by atoms with Crippen LogP contribution in [0.1, 0.15) is 11.1 Å². The van der Waals surface area contributed by atoms with Crippen LogP contribution in [0, 0.1) is 0 Å². The van der Waals surface area contributed by atoms with Crippen LogP contribution in [0.3, 0.4) is 0 Å². The van der Waals surface area contributed by atoms with Crippen molar-refractivity contribution in [3.8, 4) is 5.69 Å².